The molecule has 1 amide bonds. The zero-order valence-corrected chi connectivity index (χ0v) is 22.5. The summed E-state index contributed by atoms with van der Waals surface area (Å²) in [5.41, 5.74) is 5.87. The maximum atomic E-state index is 13.8. The number of aromatic nitrogens is 2. The van der Waals surface area contributed by atoms with Gasteiger partial charge in [-0.25, -0.2) is 0 Å². The summed E-state index contributed by atoms with van der Waals surface area (Å²) in [4.78, 5) is 15.5. The number of H-pyrrole nitrogens is 1. The van der Waals surface area contributed by atoms with E-state index in [9.17, 15) is 9.90 Å². The fraction of sp³-hybridized carbons (Fsp3) is 0.188. The second kappa shape index (κ2) is 10.3. The number of fused-ring (bicyclic) bond motifs is 1. The molecule has 1 aliphatic rings. The van der Waals surface area contributed by atoms with Crippen LogP contribution in [0.3, 0.4) is 0 Å². The van der Waals surface area contributed by atoms with Crippen LogP contribution in [0.4, 0.5) is 0 Å². The van der Waals surface area contributed by atoms with Crippen LogP contribution < -0.4 is 9.47 Å². The van der Waals surface area contributed by atoms with Gasteiger partial charge < -0.3 is 23.9 Å². The molecule has 0 saturated carbocycles. The molecule has 2 N–H and O–H groups in total. The third-order valence-electron chi connectivity index (χ3n) is 7.21. The number of methoxy groups -OCH3 is 1. The molecule has 0 radical (unpaired) electrons. The molecule has 0 spiro atoms. The van der Waals surface area contributed by atoms with Gasteiger partial charge in [-0.3, -0.25) is 9.89 Å². The number of amides is 1. The van der Waals surface area contributed by atoms with Gasteiger partial charge in [-0.05, 0) is 66.4 Å². The van der Waals surface area contributed by atoms with E-state index >= 15 is 0 Å². The zero-order chi connectivity index (χ0) is 27.8. The van der Waals surface area contributed by atoms with Crippen molar-refractivity contribution in [2.75, 3.05) is 7.11 Å². The Bertz CT molecular complexity index is 1650. The first kappa shape index (κ1) is 25.3. The minimum Gasteiger partial charge on any atom is -0.507 e. The van der Waals surface area contributed by atoms with Gasteiger partial charge >= 0.3 is 0 Å². The predicted molar refractivity (Wildman–Crippen MR) is 149 cm³/mol. The van der Waals surface area contributed by atoms with Crippen molar-refractivity contribution in [3.05, 3.63) is 118 Å². The Balaban J connectivity index is 1.44. The maximum Gasteiger partial charge on any atom is 0.273 e. The van der Waals surface area contributed by atoms with Gasteiger partial charge in [-0.1, -0.05) is 42.5 Å². The van der Waals surface area contributed by atoms with Crippen molar-refractivity contribution in [1.29, 1.82) is 0 Å². The Labute approximate surface area is 231 Å². The molecule has 202 valence electrons. The van der Waals surface area contributed by atoms with Crippen LogP contribution in [0.25, 0.3) is 11.3 Å². The van der Waals surface area contributed by atoms with E-state index in [1.165, 1.54) is 0 Å². The van der Waals surface area contributed by atoms with Crippen LogP contribution in [-0.4, -0.2) is 33.2 Å². The quantitative estimate of drug-likeness (QED) is 0.241. The number of phenols is 1. The maximum absolute atomic E-state index is 13.8. The minimum atomic E-state index is -0.515. The smallest absolute Gasteiger partial charge is 0.273 e. The van der Waals surface area contributed by atoms with E-state index in [1.807, 2.05) is 74.5 Å². The van der Waals surface area contributed by atoms with E-state index in [0.717, 1.165) is 22.3 Å². The third-order valence-corrected chi connectivity index (χ3v) is 7.21. The molecule has 1 unspecified atom stereocenters. The summed E-state index contributed by atoms with van der Waals surface area (Å²) in [7, 11) is 1.59. The van der Waals surface area contributed by atoms with Crippen LogP contribution in [0.2, 0.25) is 0 Å². The molecule has 0 bridgehead atoms. The Kier molecular flexibility index (Phi) is 6.51. The molecule has 40 heavy (non-hydrogen) atoms. The van der Waals surface area contributed by atoms with Crippen LogP contribution in [0.1, 0.15) is 50.1 Å². The first-order valence-electron chi connectivity index (χ1n) is 13.0. The lowest BCUT2D eigenvalue weighted by molar-refractivity contribution is 0.0716. The van der Waals surface area contributed by atoms with Crippen LogP contribution in [-0.2, 0) is 13.2 Å². The average Bonchev–Trinajstić information content (AvgIpc) is 3.67. The highest BCUT2D eigenvalue weighted by atomic mass is 16.5. The number of aromatic amines is 1. The third kappa shape index (κ3) is 4.47. The van der Waals surface area contributed by atoms with Crippen LogP contribution in [0.5, 0.6) is 17.2 Å². The molecule has 3 aromatic carbocycles. The molecular weight excluding hydrogens is 506 g/mol. The van der Waals surface area contributed by atoms with E-state index in [0.29, 0.717) is 46.4 Å². The zero-order valence-electron chi connectivity index (χ0n) is 22.5. The number of rotatable bonds is 8. The monoisotopic (exact) mass is 535 g/mol. The number of carbonyl (C=O) groups excluding carboxylic acids is 1. The van der Waals surface area contributed by atoms with Crippen molar-refractivity contribution in [1.82, 2.24) is 15.1 Å². The highest BCUT2D eigenvalue weighted by Gasteiger charge is 2.43. The van der Waals surface area contributed by atoms with E-state index in [4.69, 9.17) is 13.9 Å². The molecule has 1 atom stereocenters. The van der Waals surface area contributed by atoms with Crippen molar-refractivity contribution in [2.45, 2.75) is 33.0 Å². The summed E-state index contributed by atoms with van der Waals surface area (Å²) in [6.07, 6.45) is 1.59. The van der Waals surface area contributed by atoms with E-state index in [1.54, 1.807) is 30.4 Å². The summed E-state index contributed by atoms with van der Waals surface area (Å²) >= 11 is 0. The highest BCUT2D eigenvalue weighted by molar-refractivity contribution is 6.00. The number of furan rings is 1. The Morgan fingerprint density at radius 2 is 1.85 bits per heavy atom. The number of hydrogen-bond donors (Lipinski definition) is 2. The topological polar surface area (TPSA) is 101 Å². The predicted octanol–water partition coefficient (Wildman–Crippen LogP) is 6.33. The highest BCUT2D eigenvalue weighted by Crippen LogP contribution is 2.47. The van der Waals surface area contributed by atoms with Crippen LogP contribution in [0.15, 0.2) is 83.5 Å². The summed E-state index contributed by atoms with van der Waals surface area (Å²) in [6.45, 7) is 4.50. The van der Waals surface area contributed by atoms with Gasteiger partial charge in [0.2, 0.25) is 0 Å². The van der Waals surface area contributed by atoms with Gasteiger partial charge in [0, 0.05) is 11.1 Å². The van der Waals surface area contributed by atoms with Crippen LogP contribution >= 0.6 is 0 Å². The van der Waals surface area contributed by atoms with Gasteiger partial charge in [0.05, 0.1) is 26.0 Å². The van der Waals surface area contributed by atoms with Crippen molar-refractivity contribution >= 4 is 5.91 Å². The van der Waals surface area contributed by atoms with Crippen molar-refractivity contribution in [3.63, 3.8) is 0 Å². The Hall–Kier alpha value is -4.98. The second-order valence-corrected chi connectivity index (χ2v) is 9.94. The van der Waals surface area contributed by atoms with E-state index in [-0.39, 0.29) is 18.2 Å². The molecule has 8 heteroatoms. The fourth-order valence-corrected chi connectivity index (χ4v) is 5.43. The number of carbonyl (C=O) groups is 1. The SMILES string of the molecule is COc1cc(C2c3c(-c4c(C)cc(C)cc4O)n[nH]c3C(=O)N2Cc2ccco2)ccc1OCc1ccccc1. The lowest BCUT2D eigenvalue weighted by atomic mass is 9.93. The number of ether oxygens (including phenoxy) is 2. The molecule has 2 aromatic heterocycles. The first-order valence-corrected chi connectivity index (χ1v) is 13.0. The number of nitrogens with zero attached hydrogens (tertiary/aromatic N) is 2. The molecule has 6 rings (SSSR count). The summed E-state index contributed by atoms with van der Waals surface area (Å²) in [5.74, 6) is 1.71. The standard InChI is InChI=1S/C32H29N3O5/c1-19-14-20(2)27(24(36)15-19)29-28-30(34-33-29)32(37)35(17-23-10-7-13-39-23)31(28)22-11-12-25(26(16-22)38-3)40-18-21-8-5-4-6-9-21/h4-16,31,36H,17-18H2,1-3H3,(H,33,34). The van der Waals surface area contributed by atoms with Crippen LogP contribution in [0, 0.1) is 13.8 Å². The normalized spacial score (nSPS) is 14.4. The first-order chi connectivity index (χ1) is 19.4. The number of aromatic hydroxyl groups is 1. The summed E-state index contributed by atoms with van der Waals surface area (Å²) in [6, 6.07) is 22.4. The molecule has 5 aromatic rings. The number of phenolic OH excluding ortho intramolecular Hbond substituents is 1. The van der Waals surface area contributed by atoms with Gasteiger partial charge in [-0.2, -0.15) is 5.10 Å². The van der Waals surface area contributed by atoms with E-state index in [2.05, 4.69) is 10.2 Å². The average molecular weight is 536 g/mol. The molecular formula is C32H29N3O5. The van der Waals surface area contributed by atoms with Gasteiger partial charge in [0.1, 0.15) is 29.5 Å². The summed E-state index contributed by atoms with van der Waals surface area (Å²) < 4.78 is 17.4. The van der Waals surface area contributed by atoms with Gasteiger partial charge in [0.15, 0.2) is 11.5 Å². The molecule has 8 nitrogen and oxygen atoms in total. The Morgan fingerprint density at radius 3 is 2.58 bits per heavy atom. The number of hydrogen-bond acceptors (Lipinski definition) is 6. The van der Waals surface area contributed by atoms with Crippen molar-refractivity contribution in [3.8, 4) is 28.5 Å². The number of benzene rings is 3. The van der Waals surface area contributed by atoms with Gasteiger partial charge in [0.25, 0.3) is 5.91 Å². The molecule has 0 saturated heterocycles. The lowest BCUT2D eigenvalue weighted by Crippen LogP contribution is -2.29. The number of aryl methyl sites for hydroxylation is 2. The van der Waals surface area contributed by atoms with Crippen molar-refractivity contribution < 1.29 is 23.8 Å². The molecule has 0 fully saturated rings. The van der Waals surface area contributed by atoms with Crippen molar-refractivity contribution in [2.24, 2.45) is 0 Å². The number of nitrogens with one attached hydrogen (secondary N) is 1. The summed E-state index contributed by atoms with van der Waals surface area (Å²) in [5, 5.41) is 18.4. The second-order valence-electron chi connectivity index (χ2n) is 9.94. The minimum absolute atomic E-state index is 0.115. The van der Waals surface area contributed by atoms with E-state index < -0.39 is 6.04 Å². The van der Waals surface area contributed by atoms with Gasteiger partial charge in [-0.15, -0.1) is 0 Å². The molecule has 3 heterocycles. The lowest BCUT2D eigenvalue weighted by Gasteiger charge is -2.26. The Morgan fingerprint density at radius 1 is 1.02 bits per heavy atom. The molecule has 0 aliphatic carbocycles. The molecule has 1 aliphatic heterocycles. The fourth-order valence-electron chi connectivity index (χ4n) is 5.43. The largest absolute Gasteiger partial charge is 0.507 e.